The number of halogens is 1. The van der Waals surface area contributed by atoms with Crippen LogP contribution in [0.15, 0.2) is 42.5 Å². The summed E-state index contributed by atoms with van der Waals surface area (Å²) in [5.41, 5.74) is 2.70. The Balaban J connectivity index is 1.69. The molecule has 0 amide bonds. The van der Waals surface area contributed by atoms with Crippen molar-refractivity contribution in [2.24, 2.45) is 0 Å². The zero-order valence-electron chi connectivity index (χ0n) is 10.8. The Labute approximate surface area is 112 Å². The Morgan fingerprint density at radius 2 is 2.11 bits per heavy atom. The number of hydrogen-bond acceptors (Lipinski definition) is 2. The lowest BCUT2D eigenvalue weighted by atomic mass is 10.0. The predicted octanol–water partition coefficient (Wildman–Crippen LogP) is 3.72. The molecule has 1 unspecified atom stereocenters. The molecule has 2 nitrogen and oxygen atoms in total. The van der Waals surface area contributed by atoms with Crippen LogP contribution in [0.25, 0.3) is 0 Å². The van der Waals surface area contributed by atoms with Gasteiger partial charge in [-0.2, -0.15) is 0 Å². The SMILES string of the molecule is Cc1ccc(NCC2COc3ccccc32)cc1F. The van der Waals surface area contributed by atoms with Gasteiger partial charge in [-0.25, -0.2) is 4.39 Å². The molecule has 1 aliphatic rings. The number of rotatable bonds is 3. The number of ether oxygens (including phenoxy) is 1. The van der Waals surface area contributed by atoms with Gasteiger partial charge in [0.15, 0.2) is 0 Å². The average Bonchev–Trinajstić information content (AvgIpc) is 2.83. The minimum absolute atomic E-state index is 0.173. The first-order valence-electron chi connectivity index (χ1n) is 6.46. The molecule has 0 saturated carbocycles. The third kappa shape index (κ3) is 2.41. The zero-order valence-corrected chi connectivity index (χ0v) is 10.8. The smallest absolute Gasteiger partial charge is 0.128 e. The lowest BCUT2D eigenvalue weighted by Gasteiger charge is -2.12. The Kier molecular flexibility index (Phi) is 3.11. The first kappa shape index (κ1) is 12.0. The summed E-state index contributed by atoms with van der Waals surface area (Å²) >= 11 is 0. The van der Waals surface area contributed by atoms with Crippen LogP contribution < -0.4 is 10.1 Å². The Morgan fingerprint density at radius 3 is 2.95 bits per heavy atom. The van der Waals surface area contributed by atoms with Crippen LogP contribution >= 0.6 is 0 Å². The predicted molar refractivity (Wildman–Crippen MR) is 74.3 cm³/mol. The number of para-hydroxylation sites is 1. The minimum atomic E-state index is -0.173. The first-order chi connectivity index (χ1) is 9.24. The van der Waals surface area contributed by atoms with Crippen molar-refractivity contribution in [3.05, 3.63) is 59.4 Å². The number of fused-ring (bicyclic) bond motifs is 1. The summed E-state index contributed by atoms with van der Waals surface area (Å²) in [6.45, 7) is 3.19. The molecule has 0 saturated heterocycles. The lowest BCUT2D eigenvalue weighted by molar-refractivity contribution is 0.334. The van der Waals surface area contributed by atoms with Gasteiger partial charge in [0, 0.05) is 23.7 Å². The Bertz CT molecular complexity index is 597. The molecule has 0 radical (unpaired) electrons. The molecule has 2 aromatic rings. The van der Waals surface area contributed by atoms with E-state index in [1.54, 1.807) is 13.0 Å². The maximum Gasteiger partial charge on any atom is 0.128 e. The van der Waals surface area contributed by atoms with Crippen LogP contribution in [-0.4, -0.2) is 13.2 Å². The van der Waals surface area contributed by atoms with Crippen molar-refractivity contribution in [2.45, 2.75) is 12.8 Å². The maximum atomic E-state index is 13.5. The van der Waals surface area contributed by atoms with Crippen LogP contribution in [-0.2, 0) is 0 Å². The second kappa shape index (κ2) is 4.92. The average molecular weight is 257 g/mol. The number of nitrogens with one attached hydrogen (secondary N) is 1. The van der Waals surface area contributed by atoms with E-state index < -0.39 is 0 Å². The summed E-state index contributed by atoms with van der Waals surface area (Å²) in [5, 5.41) is 3.28. The van der Waals surface area contributed by atoms with Gasteiger partial charge in [0.25, 0.3) is 0 Å². The summed E-state index contributed by atoms with van der Waals surface area (Å²) in [6.07, 6.45) is 0. The highest BCUT2D eigenvalue weighted by molar-refractivity contribution is 5.47. The molecule has 0 bridgehead atoms. The Morgan fingerprint density at radius 1 is 1.26 bits per heavy atom. The maximum absolute atomic E-state index is 13.5. The van der Waals surface area contributed by atoms with Gasteiger partial charge in [0.05, 0.1) is 6.61 Å². The van der Waals surface area contributed by atoms with Gasteiger partial charge >= 0.3 is 0 Å². The summed E-state index contributed by atoms with van der Waals surface area (Å²) in [7, 11) is 0. The fourth-order valence-electron chi connectivity index (χ4n) is 2.34. The van der Waals surface area contributed by atoms with Crippen molar-refractivity contribution in [3.8, 4) is 5.75 Å². The monoisotopic (exact) mass is 257 g/mol. The highest BCUT2D eigenvalue weighted by atomic mass is 19.1. The molecule has 1 N–H and O–H groups in total. The van der Waals surface area contributed by atoms with E-state index in [1.165, 1.54) is 11.6 Å². The van der Waals surface area contributed by atoms with Gasteiger partial charge < -0.3 is 10.1 Å². The van der Waals surface area contributed by atoms with E-state index in [0.29, 0.717) is 18.1 Å². The molecule has 98 valence electrons. The van der Waals surface area contributed by atoms with Crippen molar-refractivity contribution in [2.75, 3.05) is 18.5 Å². The zero-order chi connectivity index (χ0) is 13.2. The number of aryl methyl sites for hydroxylation is 1. The van der Waals surface area contributed by atoms with E-state index in [1.807, 2.05) is 24.3 Å². The van der Waals surface area contributed by atoms with E-state index in [0.717, 1.165) is 18.0 Å². The molecular formula is C16H16FNO. The molecule has 3 heteroatoms. The molecule has 0 aliphatic carbocycles. The second-order valence-corrected chi connectivity index (χ2v) is 4.89. The van der Waals surface area contributed by atoms with Crippen molar-refractivity contribution in [3.63, 3.8) is 0 Å². The number of benzene rings is 2. The number of hydrogen-bond donors (Lipinski definition) is 1. The van der Waals surface area contributed by atoms with E-state index in [2.05, 4.69) is 11.4 Å². The third-order valence-electron chi connectivity index (χ3n) is 3.52. The summed E-state index contributed by atoms with van der Waals surface area (Å²) in [4.78, 5) is 0. The topological polar surface area (TPSA) is 21.3 Å². The van der Waals surface area contributed by atoms with E-state index in [4.69, 9.17) is 4.74 Å². The van der Waals surface area contributed by atoms with Crippen molar-refractivity contribution < 1.29 is 9.13 Å². The van der Waals surface area contributed by atoms with Crippen LogP contribution in [0.5, 0.6) is 5.75 Å². The standard InChI is InChI=1S/C16H16FNO/c1-11-6-7-13(8-15(11)17)18-9-12-10-19-16-5-3-2-4-14(12)16/h2-8,12,18H,9-10H2,1H3. The van der Waals surface area contributed by atoms with Gasteiger partial charge in [0.1, 0.15) is 11.6 Å². The van der Waals surface area contributed by atoms with Crippen LogP contribution in [0.2, 0.25) is 0 Å². The van der Waals surface area contributed by atoms with Crippen molar-refractivity contribution >= 4 is 5.69 Å². The molecular weight excluding hydrogens is 241 g/mol. The molecule has 1 heterocycles. The molecule has 1 aliphatic heterocycles. The molecule has 0 fully saturated rings. The highest BCUT2D eigenvalue weighted by Gasteiger charge is 2.23. The van der Waals surface area contributed by atoms with Crippen LogP contribution in [0.1, 0.15) is 17.0 Å². The van der Waals surface area contributed by atoms with Gasteiger partial charge in [0.2, 0.25) is 0 Å². The van der Waals surface area contributed by atoms with Crippen LogP contribution in [0.3, 0.4) is 0 Å². The van der Waals surface area contributed by atoms with Crippen molar-refractivity contribution in [1.82, 2.24) is 0 Å². The highest BCUT2D eigenvalue weighted by Crippen LogP contribution is 2.33. The summed E-state index contributed by atoms with van der Waals surface area (Å²) in [5.74, 6) is 1.11. The summed E-state index contributed by atoms with van der Waals surface area (Å²) in [6, 6.07) is 13.3. The second-order valence-electron chi connectivity index (χ2n) is 4.89. The van der Waals surface area contributed by atoms with Gasteiger partial charge in [-0.15, -0.1) is 0 Å². The lowest BCUT2D eigenvalue weighted by Crippen LogP contribution is -2.14. The van der Waals surface area contributed by atoms with E-state index >= 15 is 0 Å². The Hall–Kier alpha value is -2.03. The van der Waals surface area contributed by atoms with Gasteiger partial charge in [-0.05, 0) is 30.7 Å². The van der Waals surface area contributed by atoms with Crippen LogP contribution in [0.4, 0.5) is 10.1 Å². The molecule has 1 atom stereocenters. The fraction of sp³-hybridized carbons (Fsp3) is 0.250. The molecule has 19 heavy (non-hydrogen) atoms. The van der Waals surface area contributed by atoms with Crippen molar-refractivity contribution in [1.29, 1.82) is 0 Å². The first-order valence-corrected chi connectivity index (χ1v) is 6.46. The van der Waals surface area contributed by atoms with E-state index in [-0.39, 0.29) is 5.82 Å². The molecule has 2 aromatic carbocycles. The van der Waals surface area contributed by atoms with Gasteiger partial charge in [-0.3, -0.25) is 0 Å². The summed E-state index contributed by atoms with van der Waals surface area (Å²) < 4.78 is 19.1. The minimum Gasteiger partial charge on any atom is -0.493 e. The normalized spacial score (nSPS) is 16.8. The molecule has 3 rings (SSSR count). The van der Waals surface area contributed by atoms with E-state index in [9.17, 15) is 4.39 Å². The third-order valence-corrected chi connectivity index (χ3v) is 3.52. The number of anilines is 1. The fourth-order valence-corrected chi connectivity index (χ4v) is 2.34. The van der Waals surface area contributed by atoms with Gasteiger partial charge in [-0.1, -0.05) is 24.3 Å². The quantitative estimate of drug-likeness (QED) is 0.904. The molecule has 0 aromatic heterocycles. The van der Waals surface area contributed by atoms with Crippen LogP contribution in [0, 0.1) is 12.7 Å². The largest absolute Gasteiger partial charge is 0.493 e. The molecule has 0 spiro atoms.